The molecular weight excluding hydrogens is 314 g/mol. The van der Waals surface area contributed by atoms with Crippen molar-refractivity contribution in [2.24, 2.45) is 0 Å². The van der Waals surface area contributed by atoms with Gasteiger partial charge in [0.1, 0.15) is 11.8 Å². The molecule has 1 heterocycles. The lowest BCUT2D eigenvalue weighted by Gasteiger charge is -2.06. The van der Waals surface area contributed by atoms with E-state index in [9.17, 15) is 14.4 Å². The molecular formula is C17H17NO6. The molecule has 0 atom stereocenters. The molecule has 24 heavy (non-hydrogen) atoms. The Labute approximate surface area is 138 Å². The van der Waals surface area contributed by atoms with Crippen LogP contribution in [0.3, 0.4) is 0 Å². The predicted octanol–water partition coefficient (Wildman–Crippen LogP) is 2.76. The number of anilines is 1. The lowest BCUT2D eigenvalue weighted by Crippen LogP contribution is -2.12. The Bertz CT molecular complexity index is 760. The van der Waals surface area contributed by atoms with Crippen molar-refractivity contribution in [2.45, 2.75) is 6.92 Å². The summed E-state index contributed by atoms with van der Waals surface area (Å²) in [5.41, 5.74) is 1.40. The van der Waals surface area contributed by atoms with Gasteiger partial charge in [0.25, 0.3) is 0 Å². The fourth-order valence-electron chi connectivity index (χ4n) is 2.23. The summed E-state index contributed by atoms with van der Waals surface area (Å²) in [6.07, 6.45) is 0.719. The van der Waals surface area contributed by atoms with E-state index >= 15 is 0 Å². The van der Waals surface area contributed by atoms with Gasteiger partial charge in [-0.2, -0.15) is 0 Å². The Kier molecular flexibility index (Phi) is 5.36. The maximum absolute atomic E-state index is 12.1. The Morgan fingerprint density at radius 3 is 2.25 bits per heavy atom. The highest BCUT2D eigenvalue weighted by Crippen LogP contribution is 2.37. The normalized spacial score (nSPS) is 10.1. The van der Waals surface area contributed by atoms with E-state index in [0.717, 1.165) is 6.29 Å². The number of ether oxygens (including phenoxy) is 2. The van der Waals surface area contributed by atoms with Crippen LogP contribution in [0.2, 0.25) is 0 Å². The van der Waals surface area contributed by atoms with Gasteiger partial charge in [0.2, 0.25) is 5.76 Å². The molecule has 0 unspecified atom stereocenters. The van der Waals surface area contributed by atoms with E-state index in [4.69, 9.17) is 9.15 Å². The molecule has 126 valence electrons. The van der Waals surface area contributed by atoms with Gasteiger partial charge >= 0.3 is 11.9 Å². The standard InChI is InChI=1S/C17H17NO6/c1-4-18-13-12(16(20)22-2)15(17(21)23-3)24-14(13)11-7-5-10(9-19)6-8-11/h5-9,18H,4H2,1-3H3. The van der Waals surface area contributed by atoms with E-state index in [1.807, 2.05) is 6.92 Å². The van der Waals surface area contributed by atoms with Crippen molar-refractivity contribution in [3.63, 3.8) is 0 Å². The third-order valence-electron chi connectivity index (χ3n) is 3.33. The van der Waals surface area contributed by atoms with Crippen LogP contribution in [0.1, 0.15) is 38.2 Å². The highest BCUT2D eigenvalue weighted by Gasteiger charge is 2.31. The number of carbonyl (C=O) groups excluding carboxylic acids is 3. The minimum absolute atomic E-state index is 0.0272. The molecule has 1 aromatic heterocycles. The zero-order chi connectivity index (χ0) is 17.7. The monoisotopic (exact) mass is 331 g/mol. The zero-order valence-corrected chi connectivity index (χ0v) is 13.5. The summed E-state index contributed by atoms with van der Waals surface area (Å²) >= 11 is 0. The number of carbonyl (C=O) groups is 3. The van der Waals surface area contributed by atoms with Crippen molar-refractivity contribution in [3.8, 4) is 11.3 Å². The molecule has 0 saturated heterocycles. The van der Waals surface area contributed by atoms with Crippen LogP contribution in [0.4, 0.5) is 5.69 Å². The van der Waals surface area contributed by atoms with Crippen LogP contribution >= 0.6 is 0 Å². The van der Waals surface area contributed by atoms with Crippen molar-refractivity contribution < 1.29 is 28.3 Å². The number of methoxy groups -OCH3 is 2. The number of nitrogens with one attached hydrogen (secondary N) is 1. The predicted molar refractivity (Wildman–Crippen MR) is 86.4 cm³/mol. The maximum Gasteiger partial charge on any atom is 0.374 e. The molecule has 0 spiro atoms. The average Bonchev–Trinajstić information content (AvgIpc) is 3.00. The summed E-state index contributed by atoms with van der Waals surface area (Å²) in [5.74, 6) is -1.46. The third-order valence-corrected chi connectivity index (χ3v) is 3.33. The van der Waals surface area contributed by atoms with Gasteiger partial charge in [-0.05, 0) is 6.92 Å². The van der Waals surface area contributed by atoms with Crippen molar-refractivity contribution in [1.82, 2.24) is 0 Å². The SMILES string of the molecule is CCNc1c(-c2ccc(C=O)cc2)oc(C(=O)OC)c1C(=O)OC. The van der Waals surface area contributed by atoms with Gasteiger partial charge in [0, 0.05) is 17.7 Å². The largest absolute Gasteiger partial charge is 0.465 e. The molecule has 1 aromatic carbocycles. The fraction of sp³-hybridized carbons (Fsp3) is 0.235. The first-order valence-electron chi connectivity index (χ1n) is 7.20. The molecule has 7 heteroatoms. The smallest absolute Gasteiger partial charge is 0.374 e. The van der Waals surface area contributed by atoms with Crippen molar-refractivity contribution in [3.05, 3.63) is 41.2 Å². The molecule has 0 bridgehead atoms. The van der Waals surface area contributed by atoms with E-state index in [2.05, 4.69) is 10.1 Å². The second-order valence-corrected chi connectivity index (χ2v) is 4.76. The zero-order valence-electron chi connectivity index (χ0n) is 13.5. The Hall–Kier alpha value is -3.09. The number of aldehydes is 1. The first kappa shape index (κ1) is 17.3. The molecule has 0 saturated carbocycles. The molecule has 0 aliphatic heterocycles. The number of rotatable bonds is 6. The van der Waals surface area contributed by atoms with E-state index in [1.54, 1.807) is 24.3 Å². The Morgan fingerprint density at radius 1 is 1.12 bits per heavy atom. The summed E-state index contributed by atoms with van der Waals surface area (Å²) < 4.78 is 15.0. The van der Waals surface area contributed by atoms with Crippen LogP contribution in [-0.2, 0) is 9.47 Å². The van der Waals surface area contributed by atoms with Gasteiger partial charge in [0.15, 0.2) is 5.76 Å². The van der Waals surface area contributed by atoms with Crippen LogP contribution in [0.5, 0.6) is 0 Å². The quantitative estimate of drug-likeness (QED) is 0.642. The molecule has 1 N–H and O–H groups in total. The van der Waals surface area contributed by atoms with E-state index in [-0.39, 0.29) is 17.1 Å². The van der Waals surface area contributed by atoms with Crippen LogP contribution in [-0.4, -0.2) is 39.0 Å². The van der Waals surface area contributed by atoms with Gasteiger partial charge in [0.05, 0.1) is 19.9 Å². The van der Waals surface area contributed by atoms with Crippen LogP contribution in [0, 0.1) is 0 Å². The molecule has 0 radical (unpaired) electrons. The second kappa shape index (κ2) is 7.45. The number of furan rings is 1. The number of hydrogen-bond acceptors (Lipinski definition) is 7. The fourth-order valence-corrected chi connectivity index (χ4v) is 2.23. The number of hydrogen-bond donors (Lipinski definition) is 1. The van der Waals surface area contributed by atoms with E-state index in [1.165, 1.54) is 14.2 Å². The van der Waals surface area contributed by atoms with Gasteiger partial charge in [-0.15, -0.1) is 0 Å². The summed E-state index contributed by atoms with van der Waals surface area (Å²) in [4.78, 5) is 34.9. The highest BCUT2D eigenvalue weighted by atomic mass is 16.5. The van der Waals surface area contributed by atoms with Crippen molar-refractivity contribution >= 4 is 23.9 Å². The average molecular weight is 331 g/mol. The van der Waals surface area contributed by atoms with Gasteiger partial charge < -0.3 is 19.2 Å². The molecule has 7 nitrogen and oxygen atoms in total. The summed E-state index contributed by atoms with van der Waals surface area (Å²) in [7, 11) is 2.40. The maximum atomic E-state index is 12.1. The van der Waals surface area contributed by atoms with Crippen molar-refractivity contribution in [2.75, 3.05) is 26.1 Å². The Morgan fingerprint density at radius 2 is 1.75 bits per heavy atom. The molecule has 0 aliphatic carbocycles. The number of esters is 2. The molecule has 0 aliphatic rings. The molecule has 2 rings (SSSR count). The summed E-state index contributed by atoms with van der Waals surface area (Å²) in [5, 5.41) is 3.01. The lowest BCUT2D eigenvalue weighted by atomic mass is 10.1. The molecule has 0 amide bonds. The van der Waals surface area contributed by atoms with Crippen LogP contribution < -0.4 is 5.32 Å². The second-order valence-electron chi connectivity index (χ2n) is 4.76. The third kappa shape index (κ3) is 3.15. The van der Waals surface area contributed by atoms with Gasteiger partial charge in [-0.1, -0.05) is 24.3 Å². The molecule has 0 fully saturated rings. The van der Waals surface area contributed by atoms with Gasteiger partial charge in [-0.25, -0.2) is 9.59 Å². The van der Waals surface area contributed by atoms with E-state index < -0.39 is 11.9 Å². The summed E-state index contributed by atoms with van der Waals surface area (Å²) in [6, 6.07) is 6.53. The van der Waals surface area contributed by atoms with Gasteiger partial charge in [-0.3, -0.25) is 4.79 Å². The highest BCUT2D eigenvalue weighted by molar-refractivity contribution is 6.08. The molecule has 2 aromatic rings. The minimum atomic E-state index is -0.787. The first-order valence-corrected chi connectivity index (χ1v) is 7.20. The Balaban J connectivity index is 2.69. The first-order chi connectivity index (χ1) is 11.6. The summed E-state index contributed by atoms with van der Waals surface area (Å²) in [6.45, 7) is 2.33. The van der Waals surface area contributed by atoms with Crippen LogP contribution in [0.25, 0.3) is 11.3 Å². The van der Waals surface area contributed by atoms with Crippen LogP contribution in [0.15, 0.2) is 28.7 Å². The van der Waals surface area contributed by atoms with E-state index in [0.29, 0.717) is 23.4 Å². The lowest BCUT2D eigenvalue weighted by molar-refractivity contribution is 0.0529. The minimum Gasteiger partial charge on any atom is -0.465 e. The topological polar surface area (TPSA) is 94.8 Å². The number of benzene rings is 1. The van der Waals surface area contributed by atoms with Crippen molar-refractivity contribution in [1.29, 1.82) is 0 Å².